The number of anilines is 2. The lowest BCUT2D eigenvalue weighted by Crippen LogP contribution is -2.24. The largest absolute Gasteiger partial charge is 0.354 e. The lowest BCUT2D eigenvalue weighted by Gasteiger charge is -2.14. The number of carbonyl (C=O) groups is 1. The number of amides is 1. The highest BCUT2D eigenvalue weighted by Crippen LogP contribution is 2.26. The number of para-hydroxylation sites is 1. The Labute approximate surface area is 132 Å². The van der Waals surface area contributed by atoms with Crippen molar-refractivity contribution in [3.63, 3.8) is 0 Å². The summed E-state index contributed by atoms with van der Waals surface area (Å²) < 4.78 is 0. The first-order chi connectivity index (χ1) is 10.6. The second kappa shape index (κ2) is 7.59. The molecule has 4 nitrogen and oxygen atoms in total. The van der Waals surface area contributed by atoms with Crippen LogP contribution in [0.1, 0.15) is 49.0 Å². The van der Waals surface area contributed by atoms with Gasteiger partial charge in [-0.05, 0) is 30.0 Å². The van der Waals surface area contributed by atoms with Crippen molar-refractivity contribution in [2.24, 2.45) is 0 Å². The molecule has 0 saturated heterocycles. The van der Waals surface area contributed by atoms with Crippen molar-refractivity contribution in [3.8, 4) is 0 Å². The van der Waals surface area contributed by atoms with Crippen molar-refractivity contribution >= 4 is 17.3 Å². The van der Waals surface area contributed by atoms with Crippen LogP contribution < -0.4 is 10.6 Å². The second-order valence-corrected chi connectivity index (χ2v) is 5.59. The standard InChI is InChI=1S/C18H23N3O/c1-4-9-20-18(22)14-10-15(12-19-11-14)21-17-8-6-5-7-16(17)13(2)3/h5-8,10-13,21H,4,9H2,1-3H3,(H,20,22). The SMILES string of the molecule is CCCNC(=O)c1cncc(Nc2ccccc2C(C)C)c1. The van der Waals surface area contributed by atoms with Gasteiger partial charge in [-0.1, -0.05) is 39.0 Å². The van der Waals surface area contributed by atoms with Gasteiger partial charge >= 0.3 is 0 Å². The van der Waals surface area contributed by atoms with Gasteiger partial charge in [0.15, 0.2) is 0 Å². The van der Waals surface area contributed by atoms with Crippen LogP contribution in [0.2, 0.25) is 0 Å². The summed E-state index contributed by atoms with van der Waals surface area (Å²) in [7, 11) is 0. The summed E-state index contributed by atoms with van der Waals surface area (Å²) >= 11 is 0. The first-order valence-electron chi connectivity index (χ1n) is 7.71. The van der Waals surface area contributed by atoms with Gasteiger partial charge in [0.25, 0.3) is 5.91 Å². The minimum Gasteiger partial charge on any atom is -0.354 e. The van der Waals surface area contributed by atoms with Gasteiger partial charge in [-0.25, -0.2) is 0 Å². The number of nitrogens with one attached hydrogen (secondary N) is 2. The number of hydrogen-bond acceptors (Lipinski definition) is 3. The maximum atomic E-state index is 12.0. The van der Waals surface area contributed by atoms with Crippen LogP contribution in [0.25, 0.3) is 0 Å². The van der Waals surface area contributed by atoms with Crippen LogP contribution in [-0.4, -0.2) is 17.4 Å². The number of benzene rings is 1. The highest BCUT2D eigenvalue weighted by Gasteiger charge is 2.09. The molecule has 0 aliphatic carbocycles. The monoisotopic (exact) mass is 297 g/mol. The highest BCUT2D eigenvalue weighted by molar-refractivity contribution is 5.94. The number of carbonyl (C=O) groups excluding carboxylic acids is 1. The molecule has 0 spiro atoms. The smallest absolute Gasteiger partial charge is 0.252 e. The molecule has 0 saturated carbocycles. The minimum atomic E-state index is -0.0878. The first kappa shape index (κ1) is 16.0. The van der Waals surface area contributed by atoms with Crippen LogP contribution in [0.3, 0.4) is 0 Å². The van der Waals surface area contributed by atoms with Crippen molar-refractivity contribution in [3.05, 3.63) is 53.9 Å². The van der Waals surface area contributed by atoms with Gasteiger partial charge in [-0.2, -0.15) is 0 Å². The van der Waals surface area contributed by atoms with E-state index >= 15 is 0 Å². The van der Waals surface area contributed by atoms with E-state index in [1.54, 1.807) is 12.4 Å². The van der Waals surface area contributed by atoms with Crippen molar-refractivity contribution in [1.82, 2.24) is 10.3 Å². The van der Waals surface area contributed by atoms with E-state index in [0.29, 0.717) is 18.0 Å². The minimum absolute atomic E-state index is 0.0878. The molecule has 1 amide bonds. The molecule has 0 bridgehead atoms. The summed E-state index contributed by atoms with van der Waals surface area (Å²) in [5, 5.41) is 6.23. The molecule has 1 aromatic carbocycles. The molecule has 0 atom stereocenters. The van der Waals surface area contributed by atoms with Crippen LogP contribution in [0, 0.1) is 0 Å². The summed E-state index contributed by atoms with van der Waals surface area (Å²) in [4.78, 5) is 16.2. The Balaban J connectivity index is 2.19. The van der Waals surface area contributed by atoms with Crippen LogP contribution in [0.15, 0.2) is 42.7 Å². The van der Waals surface area contributed by atoms with Crippen LogP contribution >= 0.6 is 0 Å². The van der Waals surface area contributed by atoms with Crippen LogP contribution in [0.5, 0.6) is 0 Å². The van der Waals surface area contributed by atoms with Crippen molar-refractivity contribution in [1.29, 1.82) is 0 Å². The average Bonchev–Trinajstić information content (AvgIpc) is 2.53. The molecule has 2 rings (SSSR count). The predicted octanol–water partition coefficient (Wildman–Crippen LogP) is 4.09. The van der Waals surface area contributed by atoms with Gasteiger partial charge in [0.1, 0.15) is 0 Å². The summed E-state index contributed by atoms with van der Waals surface area (Å²) in [6.07, 6.45) is 4.23. The predicted molar refractivity (Wildman–Crippen MR) is 90.7 cm³/mol. The Morgan fingerprint density at radius 1 is 1.23 bits per heavy atom. The van der Waals surface area contributed by atoms with Gasteiger partial charge < -0.3 is 10.6 Å². The molecule has 0 aliphatic heterocycles. The first-order valence-corrected chi connectivity index (χ1v) is 7.71. The molecule has 2 aromatic rings. The average molecular weight is 297 g/mol. The third kappa shape index (κ3) is 4.07. The van der Waals surface area contributed by atoms with E-state index in [2.05, 4.69) is 35.5 Å². The fourth-order valence-corrected chi connectivity index (χ4v) is 2.24. The molecule has 116 valence electrons. The van der Waals surface area contributed by atoms with Crippen molar-refractivity contribution < 1.29 is 4.79 Å². The van der Waals surface area contributed by atoms with Crippen LogP contribution in [-0.2, 0) is 0 Å². The van der Waals surface area contributed by atoms with Gasteiger partial charge in [0.05, 0.1) is 17.4 Å². The zero-order valence-electron chi connectivity index (χ0n) is 13.4. The summed E-state index contributed by atoms with van der Waals surface area (Å²) in [5.41, 5.74) is 3.67. The van der Waals surface area contributed by atoms with Crippen molar-refractivity contribution in [2.75, 3.05) is 11.9 Å². The lowest BCUT2D eigenvalue weighted by molar-refractivity contribution is 0.0953. The lowest BCUT2D eigenvalue weighted by atomic mass is 10.0. The Morgan fingerprint density at radius 3 is 2.73 bits per heavy atom. The maximum Gasteiger partial charge on any atom is 0.252 e. The molecule has 0 aliphatic rings. The second-order valence-electron chi connectivity index (χ2n) is 5.59. The topological polar surface area (TPSA) is 54.0 Å². The Morgan fingerprint density at radius 2 is 2.00 bits per heavy atom. The molecule has 0 unspecified atom stereocenters. The molecule has 22 heavy (non-hydrogen) atoms. The Hall–Kier alpha value is -2.36. The summed E-state index contributed by atoms with van der Waals surface area (Å²) in [6.45, 7) is 7.02. The van der Waals surface area contributed by atoms with Crippen LogP contribution in [0.4, 0.5) is 11.4 Å². The summed E-state index contributed by atoms with van der Waals surface area (Å²) in [5.74, 6) is 0.336. The Kier molecular flexibility index (Phi) is 5.53. The van der Waals surface area contributed by atoms with E-state index in [0.717, 1.165) is 17.8 Å². The zero-order valence-corrected chi connectivity index (χ0v) is 13.4. The van der Waals surface area contributed by atoms with E-state index in [1.165, 1.54) is 5.56 Å². The molecule has 1 aromatic heterocycles. The third-order valence-electron chi connectivity index (χ3n) is 3.40. The van der Waals surface area contributed by atoms with Crippen molar-refractivity contribution in [2.45, 2.75) is 33.1 Å². The molecule has 0 radical (unpaired) electrons. The van der Waals surface area contributed by atoms with E-state index in [4.69, 9.17) is 0 Å². The number of rotatable bonds is 6. The fourth-order valence-electron chi connectivity index (χ4n) is 2.24. The number of aromatic nitrogens is 1. The van der Waals surface area contributed by atoms with E-state index in [-0.39, 0.29) is 5.91 Å². The molecule has 4 heteroatoms. The van der Waals surface area contributed by atoms with E-state index in [9.17, 15) is 4.79 Å². The molecule has 1 heterocycles. The van der Waals surface area contributed by atoms with Gasteiger partial charge in [0, 0.05) is 18.4 Å². The maximum absolute atomic E-state index is 12.0. The summed E-state index contributed by atoms with van der Waals surface area (Å²) in [6, 6.07) is 10.0. The quantitative estimate of drug-likeness (QED) is 0.844. The number of pyridine rings is 1. The third-order valence-corrected chi connectivity index (χ3v) is 3.40. The Bertz CT molecular complexity index is 638. The molecule has 0 fully saturated rings. The highest BCUT2D eigenvalue weighted by atomic mass is 16.1. The zero-order chi connectivity index (χ0) is 15.9. The number of nitrogens with zero attached hydrogens (tertiary/aromatic N) is 1. The molecular formula is C18H23N3O. The number of hydrogen-bond donors (Lipinski definition) is 2. The van der Waals surface area contributed by atoms with Gasteiger partial charge in [-0.15, -0.1) is 0 Å². The normalized spacial score (nSPS) is 10.5. The fraction of sp³-hybridized carbons (Fsp3) is 0.333. The van der Waals surface area contributed by atoms with E-state index in [1.807, 2.05) is 31.2 Å². The van der Waals surface area contributed by atoms with Gasteiger partial charge in [0.2, 0.25) is 0 Å². The van der Waals surface area contributed by atoms with Gasteiger partial charge in [-0.3, -0.25) is 9.78 Å². The van der Waals surface area contributed by atoms with E-state index < -0.39 is 0 Å². The molecule has 2 N–H and O–H groups in total. The molecular weight excluding hydrogens is 274 g/mol.